The normalized spacial score (nSPS) is 9.44. The summed E-state index contributed by atoms with van der Waals surface area (Å²) < 4.78 is 0. The van der Waals surface area contributed by atoms with Crippen LogP contribution in [0.5, 0.6) is 0 Å². The van der Waals surface area contributed by atoms with Crippen molar-refractivity contribution in [2.45, 2.75) is 5.75 Å². The number of aromatic nitrogens is 1. The molecular weight excluding hydrogens is 150 g/mol. The van der Waals surface area contributed by atoms with E-state index < -0.39 is 0 Å². The molecule has 1 aromatic rings. The van der Waals surface area contributed by atoms with Gasteiger partial charge in [-0.15, -0.1) is 11.7 Å². The Labute approximate surface area is 63.7 Å². The van der Waals surface area contributed by atoms with E-state index in [1.165, 1.54) is 16.4 Å². The van der Waals surface area contributed by atoms with Crippen molar-refractivity contribution in [2.24, 2.45) is 0 Å². The summed E-state index contributed by atoms with van der Waals surface area (Å²) in [7, 11) is 1.51. The predicted octanol–water partition coefficient (Wildman–Crippen LogP) is 2.16. The highest BCUT2D eigenvalue weighted by molar-refractivity contribution is 8.68. The van der Waals surface area contributed by atoms with Crippen molar-refractivity contribution in [3.05, 3.63) is 30.1 Å². The lowest BCUT2D eigenvalue weighted by Gasteiger charge is -1.92. The maximum Gasteiger partial charge on any atom is 0.0308 e. The number of nitrogens with zero attached hydrogens (tertiary/aromatic N) is 1. The third-order valence-corrected chi connectivity index (χ3v) is 1.80. The molecule has 0 unspecified atom stereocenters. The van der Waals surface area contributed by atoms with Gasteiger partial charge in [0.05, 0.1) is 0 Å². The first-order valence-corrected chi connectivity index (χ1v) is 4.62. The first-order chi connectivity index (χ1) is 4.43. The zero-order valence-electron chi connectivity index (χ0n) is 4.82. The van der Waals surface area contributed by atoms with Crippen LogP contribution in [0.15, 0.2) is 24.5 Å². The van der Waals surface area contributed by atoms with Crippen LogP contribution in [0.25, 0.3) is 0 Å². The molecule has 0 N–H and O–H groups in total. The summed E-state index contributed by atoms with van der Waals surface area (Å²) in [6, 6.07) is 3.97. The minimum Gasteiger partial charge on any atom is -0.264 e. The summed E-state index contributed by atoms with van der Waals surface area (Å²) >= 11 is 4.02. The summed E-state index contributed by atoms with van der Waals surface area (Å²) in [5.74, 6) is 0.928. The molecule has 0 saturated carbocycles. The number of hydrogen-bond acceptors (Lipinski definition) is 3. The highest BCUT2D eigenvalue weighted by Crippen LogP contribution is 2.12. The minimum atomic E-state index is 0.928. The smallest absolute Gasteiger partial charge is 0.0308 e. The van der Waals surface area contributed by atoms with Gasteiger partial charge in [-0.05, 0) is 11.6 Å². The van der Waals surface area contributed by atoms with Crippen molar-refractivity contribution < 1.29 is 0 Å². The largest absolute Gasteiger partial charge is 0.264 e. The molecule has 0 aromatic carbocycles. The van der Waals surface area contributed by atoms with E-state index in [9.17, 15) is 0 Å². The molecule has 1 aromatic heterocycles. The Hall–Kier alpha value is -0.150. The topological polar surface area (TPSA) is 12.9 Å². The Morgan fingerprint density at radius 2 is 2.56 bits per heavy atom. The van der Waals surface area contributed by atoms with Gasteiger partial charge in [-0.1, -0.05) is 16.9 Å². The molecular formula is C6H7NS2. The van der Waals surface area contributed by atoms with Gasteiger partial charge in [-0.25, -0.2) is 0 Å². The highest BCUT2D eigenvalue weighted by Gasteiger charge is 1.86. The zero-order valence-corrected chi connectivity index (χ0v) is 6.53. The van der Waals surface area contributed by atoms with E-state index in [1.807, 2.05) is 18.3 Å². The van der Waals surface area contributed by atoms with Crippen LogP contribution in [0.1, 0.15) is 5.56 Å². The average Bonchev–Trinajstić information content (AvgIpc) is 1.91. The molecule has 0 aliphatic carbocycles. The Morgan fingerprint density at radius 3 is 3.11 bits per heavy atom. The summed E-state index contributed by atoms with van der Waals surface area (Å²) in [4.78, 5) is 3.96. The Morgan fingerprint density at radius 1 is 1.67 bits per heavy atom. The SMILES string of the molecule is SSCc1cccnc1. The van der Waals surface area contributed by atoms with Crippen LogP contribution in [-0.2, 0) is 5.75 Å². The molecule has 0 atom stereocenters. The van der Waals surface area contributed by atoms with Crippen LogP contribution in [0, 0.1) is 0 Å². The number of pyridine rings is 1. The van der Waals surface area contributed by atoms with Crippen molar-refractivity contribution in [2.75, 3.05) is 0 Å². The van der Waals surface area contributed by atoms with E-state index in [2.05, 4.69) is 16.6 Å². The van der Waals surface area contributed by atoms with Gasteiger partial charge in [-0.3, -0.25) is 4.98 Å². The molecule has 0 fully saturated rings. The third-order valence-electron chi connectivity index (χ3n) is 0.954. The lowest BCUT2D eigenvalue weighted by Crippen LogP contribution is -1.77. The molecule has 0 radical (unpaired) electrons. The Kier molecular flexibility index (Phi) is 2.94. The van der Waals surface area contributed by atoms with Gasteiger partial charge >= 0.3 is 0 Å². The Bertz CT molecular complexity index is 164. The van der Waals surface area contributed by atoms with Crippen LogP contribution < -0.4 is 0 Å². The van der Waals surface area contributed by atoms with E-state index in [1.54, 1.807) is 6.20 Å². The minimum absolute atomic E-state index is 0.928. The number of thiol groups is 1. The molecule has 48 valence electrons. The van der Waals surface area contributed by atoms with Crippen LogP contribution >= 0.6 is 22.5 Å². The highest BCUT2D eigenvalue weighted by atomic mass is 33.1. The summed E-state index contributed by atoms with van der Waals surface area (Å²) in [5.41, 5.74) is 1.22. The van der Waals surface area contributed by atoms with E-state index >= 15 is 0 Å². The maximum absolute atomic E-state index is 4.02. The van der Waals surface area contributed by atoms with Gasteiger partial charge in [0.1, 0.15) is 0 Å². The molecule has 0 amide bonds. The molecule has 0 saturated heterocycles. The Balaban J connectivity index is 2.61. The second-order valence-electron chi connectivity index (χ2n) is 1.63. The quantitative estimate of drug-likeness (QED) is 0.522. The standard InChI is InChI=1S/C6H7NS2/c8-9-5-6-2-1-3-7-4-6/h1-4,8H,5H2. The lowest BCUT2D eigenvalue weighted by atomic mass is 10.3. The third kappa shape index (κ3) is 2.28. The summed E-state index contributed by atoms with van der Waals surface area (Å²) in [6.07, 6.45) is 3.62. The zero-order chi connectivity index (χ0) is 6.53. The van der Waals surface area contributed by atoms with Crippen LogP contribution in [0.4, 0.5) is 0 Å². The van der Waals surface area contributed by atoms with Gasteiger partial charge in [0.25, 0.3) is 0 Å². The first-order valence-electron chi connectivity index (χ1n) is 2.59. The number of hydrogen-bond donors (Lipinski definition) is 1. The first kappa shape index (κ1) is 6.96. The van der Waals surface area contributed by atoms with Gasteiger partial charge in [0.15, 0.2) is 0 Å². The van der Waals surface area contributed by atoms with Gasteiger partial charge < -0.3 is 0 Å². The molecule has 0 spiro atoms. The summed E-state index contributed by atoms with van der Waals surface area (Å²) in [6.45, 7) is 0. The lowest BCUT2D eigenvalue weighted by molar-refractivity contribution is 1.25. The van der Waals surface area contributed by atoms with Crippen molar-refractivity contribution in [3.63, 3.8) is 0 Å². The molecule has 3 heteroatoms. The number of rotatable bonds is 2. The monoisotopic (exact) mass is 157 g/mol. The average molecular weight is 157 g/mol. The van der Waals surface area contributed by atoms with Crippen molar-refractivity contribution >= 4 is 22.5 Å². The maximum atomic E-state index is 4.02. The molecule has 0 aliphatic heterocycles. The van der Waals surface area contributed by atoms with Crippen molar-refractivity contribution in [3.8, 4) is 0 Å². The van der Waals surface area contributed by atoms with E-state index in [0.29, 0.717) is 0 Å². The van der Waals surface area contributed by atoms with Crippen LogP contribution in [0.2, 0.25) is 0 Å². The fourth-order valence-corrected chi connectivity index (χ4v) is 1.33. The van der Waals surface area contributed by atoms with E-state index in [0.717, 1.165) is 5.75 Å². The van der Waals surface area contributed by atoms with Crippen LogP contribution in [-0.4, -0.2) is 4.98 Å². The summed E-state index contributed by atoms with van der Waals surface area (Å²) in [5, 5.41) is 0. The molecule has 1 heterocycles. The van der Waals surface area contributed by atoms with E-state index in [-0.39, 0.29) is 0 Å². The molecule has 1 rings (SSSR count). The molecule has 0 aliphatic rings. The van der Waals surface area contributed by atoms with Gasteiger partial charge in [0.2, 0.25) is 0 Å². The van der Waals surface area contributed by atoms with Crippen molar-refractivity contribution in [1.29, 1.82) is 0 Å². The second kappa shape index (κ2) is 3.80. The van der Waals surface area contributed by atoms with Gasteiger partial charge in [-0.2, -0.15) is 0 Å². The fourth-order valence-electron chi connectivity index (χ4n) is 0.558. The van der Waals surface area contributed by atoms with Crippen molar-refractivity contribution in [1.82, 2.24) is 4.98 Å². The molecule has 1 nitrogen and oxygen atoms in total. The molecule has 0 bridgehead atoms. The van der Waals surface area contributed by atoms with E-state index in [4.69, 9.17) is 0 Å². The fraction of sp³-hybridized carbons (Fsp3) is 0.167. The predicted molar refractivity (Wildman–Crippen MR) is 44.5 cm³/mol. The molecule has 9 heavy (non-hydrogen) atoms. The van der Waals surface area contributed by atoms with Crippen LogP contribution in [0.3, 0.4) is 0 Å². The second-order valence-corrected chi connectivity index (χ2v) is 2.96. The van der Waals surface area contributed by atoms with Gasteiger partial charge in [0, 0.05) is 18.1 Å².